The Morgan fingerprint density at radius 2 is 1.84 bits per heavy atom. The van der Waals surface area contributed by atoms with Gasteiger partial charge in [-0.3, -0.25) is 0 Å². The molecule has 1 aromatic heterocycles. The monoisotopic (exact) mass is 271 g/mol. The zero-order valence-corrected chi connectivity index (χ0v) is 11.9. The Hall–Kier alpha value is -1.94. The van der Waals surface area contributed by atoms with E-state index in [0.29, 0.717) is 11.5 Å². The van der Waals surface area contributed by atoms with Crippen molar-refractivity contribution in [2.24, 2.45) is 5.73 Å². The van der Waals surface area contributed by atoms with Crippen LogP contribution in [0.3, 0.4) is 0 Å². The minimum atomic E-state index is 0.360. The van der Waals surface area contributed by atoms with Crippen LogP contribution in [-0.2, 0) is 6.54 Å². The highest BCUT2D eigenvalue weighted by molar-refractivity contribution is 7.80. The van der Waals surface area contributed by atoms with Crippen LogP contribution >= 0.6 is 12.2 Å². The molecule has 3 nitrogen and oxygen atoms in total. The Morgan fingerprint density at radius 3 is 2.47 bits per heavy atom. The minimum Gasteiger partial charge on any atom is -0.389 e. The maximum absolute atomic E-state index is 5.70. The summed E-state index contributed by atoms with van der Waals surface area (Å²) in [7, 11) is 0. The summed E-state index contributed by atoms with van der Waals surface area (Å²) in [6.45, 7) is 4.72. The third kappa shape index (κ3) is 3.51. The first-order valence-electron chi connectivity index (χ1n) is 6.13. The van der Waals surface area contributed by atoms with Crippen molar-refractivity contribution in [3.05, 3.63) is 58.8 Å². The van der Waals surface area contributed by atoms with Gasteiger partial charge in [-0.05, 0) is 31.5 Å². The fraction of sp³-hybridized carbons (Fsp3) is 0.200. The van der Waals surface area contributed by atoms with Gasteiger partial charge in [-0.2, -0.15) is 0 Å². The lowest BCUT2D eigenvalue weighted by molar-refractivity contribution is 1.08. The molecule has 4 heteroatoms. The van der Waals surface area contributed by atoms with Crippen LogP contribution in [0.4, 0.5) is 5.82 Å². The minimum absolute atomic E-state index is 0.360. The van der Waals surface area contributed by atoms with Gasteiger partial charge in [0.25, 0.3) is 0 Å². The maximum atomic E-state index is 5.70. The lowest BCUT2D eigenvalue weighted by Gasteiger charge is -2.11. The molecule has 19 heavy (non-hydrogen) atoms. The van der Waals surface area contributed by atoms with Gasteiger partial charge in [0, 0.05) is 12.2 Å². The molecule has 3 N–H and O–H groups in total. The SMILES string of the molecule is Cc1ccc(CNc2nc(C)ccc2C(N)=S)cc1. The number of pyridine rings is 1. The topological polar surface area (TPSA) is 50.9 Å². The highest BCUT2D eigenvalue weighted by atomic mass is 32.1. The Labute approximate surface area is 118 Å². The van der Waals surface area contributed by atoms with Crippen molar-refractivity contribution < 1.29 is 0 Å². The Balaban J connectivity index is 2.16. The number of nitrogens with one attached hydrogen (secondary N) is 1. The summed E-state index contributed by atoms with van der Waals surface area (Å²) in [5, 5.41) is 3.29. The molecule has 0 bridgehead atoms. The molecule has 0 aliphatic rings. The molecule has 0 atom stereocenters. The summed E-state index contributed by atoms with van der Waals surface area (Å²) in [6.07, 6.45) is 0. The number of nitrogens with zero attached hydrogens (tertiary/aromatic N) is 1. The molecule has 0 fully saturated rings. The van der Waals surface area contributed by atoms with Crippen molar-refractivity contribution in [2.75, 3.05) is 5.32 Å². The summed E-state index contributed by atoms with van der Waals surface area (Å²) >= 11 is 5.04. The van der Waals surface area contributed by atoms with E-state index in [1.165, 1.54) is 11.1 Å². The molecule has 1 heterocycles. The fourth-order valence-electron chi connectivity index (χ4n) is 1.78. The molecule has 2 aromatic rings. The van der Waals surface area contributed by atoms with E-state index in [2.05, 4.69) is 41.5 Å². The lowest BCUT2D eigenvalue weighted by atomic mass is 10.1. The standard InChI is InChI=1S/C15H17N3S/c1-10-3-6-12(7-4-10)9-17-15-13(14(16)19)8-5-11(2)18-15/h3-8H,9H2,1-2H3,(H2,16,19)(H,17,18). The van der Waals surface area contributed by atoms with Crippen LogP contribution in [0.1, 0.15) is 22.4 Å². The number of hydrogen-bond acceptors (Lipinski definition) is 3. The highest BCUT2D eigenvalue weighted by Crippen LogP contribution is 2.15. The molecular formula is C15H17N3S. The van der Waals surface area contributed by atoms with Crippen molar-refractivity contribution in [1.82, 2.24) is 4.98 Å². The normalized spacial score (nSPS) is 10.2. The van der Waals surface area contributed by atoms with Crippen molar-refractivity contribution in [3.8, 4) is 0 Å². The number of hydrogen-bond donors (Lipinski definition) is 2. The average molecular weight is 271 g/mol. The van der Waals surface area contributed by atoms with Gasteiger partial charge < -0.3 is 11.1 Å². The molecule has 2 rings (SSSR count). The van der Waals surface area contributed by atoms with Crippen LogP contribution in [0.25, 0.3) is 0 Å². The van der Waals surface area contributed by atoms with Crippen LogP contribution in [0.15, 0.2) is 36.4 Å². The lowest BCUT2D eigenvalue weighted by Crippen LogP contribution is -2.14. The second kappa shape index (κ2) is 5.80. The maximum Gasteiger partial charge on any atom is 0.136 e. The Kier molecular flexibility index (Phi) is 4.12. The number of benzene rings is 1. The number of aryl methyl sites for hydroxylation is 2. The van der Waals surface area contributed by atoms with Gasteiger partial charge in [-0.15, -0.1) is 0 Å². The van der Waals surface area contributed by atoms with E-state index in [-0.39, 0.29) is 0 Å². The van der Waals surface area contributed by atoms with Gasteiger partial charge in [0.2, 0.25) is 0 Å². The van der Waals surface area contributed by atoms with Crippen LogP contribution in [-0.4, -0.2) is 9.97 Å². The van der Waals surface area contributed by atoms with E-state index < -0.39 is 0 Å². The second-order valence-electron chi connectivity index (χ2n) is 4.55. The van der Waals surface area contributed by atoms with E-state index in [1.807, 2.05) is 19.1 Å². The summed E-state index contributed by atoms with van der Waals surface area (Å²) in [4.78, 5) is 4.81. The number of anilines is 1. The van der Waals surface area contributed by atoms with Gasteiger partial charge in [-0.1, -0.05) is 42.0 Å². The third-order valence-corrected chi connectivity index (χ3v) is 3.10. The van der Waals surface area contributed by atoms with Crippen LogP contribution in [0, 0.1) is 13.8 Å². The second-order valence-corrected chi connectivity index (χ2v) is 4.99. The molecule has 0 unspecified atom stereocenters. The molecule has 0 spiro atoms. The average Bonchev–Trinajstić information content (AvgIpc) is 2.38. The van der Waals surface area contributed by atoms with E-state index in [1.54, 1.807) is 0 Å². The smallest absolute Gasteiger partial charge is 0.136 e. The Morgan fingerprint density at radius 1 is 1.16 bits per heavy atom. The number of thiocarbonyl (C=S) groups is 1. The van der Waals surface area contributed by atoms with Crippen molar-refractivity contribution >= 4 is 23.0 Å². The van der Waals surface area contributed by atoms with Gasteiger partial charge in [-0.25, -0.2) is 4.98 Å². The largest absolute Gasteiger partial charge is 0.389 e. The summed E-state index contributed by atoms with van der Waals surface area (Å²) in [5.41, 5.74) is 9.87. The van der Waals surface area contributed by atoms with E-state index in [9.17, 15) is 0 Å². The first-order valence-corrected chi connectivity index (χ1v) is 6.54. The van der Waals surface area contributed by atoms with Crippen molar-refractivity contribution in [1.29, 1.82) is 0 Å². The molecule has 0 aliphatic heterocycles. The quantitative estimate of drug-likeness (QED) is 0.839. The van der Waals surface area contributed by atoms with Gasteiger partial charge >= 0.3 is 0 Å². The fourth-order valence-corrected chi connectivity index (χ4v) is 1.95. The summed E-state index contributed by atoms with van der Waals surface area (Å²) in [6, 6.07) is 12.2. The molecule has 0 saturated heterocycles. The van der Waals surface area contributed by atoms with Crippen LogP contribution in [0.5, 0.6) is 0 Å². The van der Waals surface area contributed by atoms with E-state index in [4.69, 9.17) is 18.0 Å². The van der Waals surface area contributed by atoms with Crippen LogP contribution in [0.2, 0.25) is 0 Å². The van der Waals surface area contributed by atoms with Gasteiger partial charge in [0.15, 0.2) is 0 Å². The van der Waals surface area contributed by atoms with E-state index >= 15 is 0 Å². The van der Waals surface area contributed by atoms with Crippen molar-refractivity contribution in [3.63, 3.8) is 0 Å². The zero-order valence-electron chi connectivity index (χ0n) is 11.1. The first kappa shape index (κ1) is 13.5. The first-order chi connectivity index (χ1) is 9.06. The molecule has 0 aliphatic carbocycles. The molecule has 1 aromatic carbocycles. The molecular weight excluding hydrogens is 254 g/mol. The predicted octanol–water partition coefficient (Wildman–Crippen LogP) is 2.94. The number of aromatic nitrogens is 1. The zero-order chi connectivity index (χ0) is 13.8. The molecule has 0 radical (unpaired) electrons. The van der Waals surface area contributed by atoms with E-state index in [0.717, 1.165) is 17.1 Å². The number of rotatable bonds is 4. The third-order valence-electron chi connectivity index (χ3n) is 2.88. The number of nitrogens with two attached hydrogens (primary N) is 1. The van der Waals surface area contributed by atoms with Gasteiger partial charge in [0.1, 0.15) is 10.8 Å². The van der Waals surface area contributed by atoms with Crippen molar-refractivity contribution in [2.45, 2.75) is 20.4 Å². The highest BCUT2D eigenvalue weighted by Gasteiger charge is 2.06. The summed E-state index contributed by atoms with van der Waals surface area (Å²) in [5.74, 6) is 0.744. The molecule has 0 amide bonds. The Bertz CT molecular complexity index is 591. The van der Waals surface area contributed by atoms with Gasteiger partial charge in [0.05, 0.1) is 5.56 Å². The molecule has 98 valence electrons. The predicted molar refractivity (Wildman–Crippen MR) is 83.4 cm³/mol. The van der Waals surface area contributed by atoms with Crippen LogP contribution < -0.4 is 11.1 Å². The summed E-state index contributed by atoms with van der Waals surface area (Å²) < 4.78 is 0. The molecule has 0 saturated carbocycles.